The Hall–Kier alpha value is -2.08. The minimum atomic E-state index is -1.02. The van der Waals surface area contributed by atoms with Gasteiger partial charge in [-0.15, -0.1) is 0 Å². The summed E-state index contributed by atoms with van der Waals surface area (Å²) in [6, 6.07) is 6.14. The van der Waals surface area contributed by atoms with Gasteiger partial charge in [0.15, 0.2) is 0 Å². The van der Waals surface area contributed by atoms with E-state index < -0.39 is 5.97 Å². The van der Waals surface area contributed by atoms with Gasteiger partial charge in [0.25, 0.3) is 0 Å². The summed E-state index contributed by atoms with van der Waals surface area (Å²) in [6.45, 7) is 0.827. The summed E-state index contributed by atoms with van der Waals surface area (Å²) in [4.78, 5) is 25.0. The molecule has 0 aliphatic carbocycles. The fraction of sp³-hybridized carbons (Fsp3) is 0.467. The minimum Gasteiger partial charge on any atom is -0.478 e. The van der Waals surface area contributed by atoms with Crippen molar-refractivity contribution in [3.63, 3.8) is 0 Å². The second kappa shape index (κ2) is 7.08. The van der Waals surface area contributed by atoms with E-state index in [1.54, 1.807) is 17.0 Å². The minimum absolute atomic E-state index is 0.132. The number of carboxylic acid groups (broad SMARTS) is 1. The van der Waals surface area contributed by atoms with Crippen molar-refractivity contribution in [2.45, 2.75) is 31.7 Å². The molecule has 1 fully saturated rings. The normalized spacial score (nSPS) is 17.8. The number of aliphatic hydroxyl groups excluding tert-OH is 1. The number of benzene rings is 1. The maximum Gasteiger partial charge on any atom is 0.335 e. The van der Waals surface area contributed by atoms with Crippen LogP contribution in [0.15, 0.2) is 24.3 Å². The van der Waals surface area contributed by atoms with Gasteiger partial charge < -0.3 is 20.4 Å². The number of hydrogen-bond acceptors (Lipinski definition) is 3. The molecule has 2 rings (SSSR count). The lowest BCUT2D eigenvalue weighted by molar-refractivity contribution is 0.0697. The van der Waals surface area contributed by atoms with Crippen LogP contribution in [0.4, 0.5) is 10.5 Å². The van der Waals surface area contributed by atoms with Crippen LogP contribution in [0.1, 0.15) is 36.0 Å². The van der Waals surface area contributed by atoms with E-state index in [9.17, 15) is 9.59 Å². The number of rotatable bonds is 5. The number of aliphatic hydroxyl groups is 1. The Morgan fingerprint density at radius 1 is 1.38 bits per heavy atom. The van der Waals surface area contributed by atoms with Crippen molar-refractivity contribution in [3.05, 3.63) is 29.8 Å². The second-order valence-electron chi connectivity index (χ2n) is 5.17. The van der Waals surface area contributed by atoms with Gasteiger partial charge >= 0.3 is 12.0 Å². The Balaban J connectivity index is 2.00. The molecular weight excluding hydrogens is 272 g/mol. The number of likely N-dealkylation sites (tertiary alicyclic amines) is 1. The van der Waals surface area contributed by atoms with Crippen LogP contribution in [0.25, 0.3) is 0 Å². The summed E-state index contributed by atoms with van der Waals surface area (Å²) < 4.78 is 0. The summed E-state index contributed by atoms with van der Waals surface area (Å²) in [6.07, 6.45) is 3.38. The third-order valence-electron chi connectivity index (χ3n) is 3.69. The first-order chi connectivity index (χ1) is 10.1. The van der Waals surface area contributed by atoms with Crippen molar-refractivity contribution in [1.29, 1.82) is 0 Å². The summed E-state index contributed by atoms with van der Waals surface area (Å²) in [5, 5.41) is 20.6. The van der Waals surface area contributed by atoms with Gasteiger partial charge in [0.2, 0.25) is 0 Å². The van der Waals surface area contributed by atoms with Crippen molar-refractivity contribution < 1.29 is 19.8 Å². The van der Waals surface area contributed by atoms with Gasteiger partial charge in [-0.25, -0.2) is 9.59 Å². The molecule has 0 aromatic heterocycles. The van der Waals surface area contributed by atoms with E-state index >= 15 is 0 Å². The monoisotopic (exact) mass is 292 g/mol. The van der Waals surface area contributed by atoms with Crippen molar-refractivity contribution in [3.8, 4) is 0 Å². The van der Waals surface area contributed by atoms with Crippen LogP contribution < -0.4 is 5.32 Å². The molecule has 6 nitrogen and oxygen atoms in total. The Morgan fingerprint density at radius 3 is 2.90 bits per heavy atom. The van der Waals surface area contributed by atoms with Gasteiger partial charge in [0.1, 0.15) is 0 Å². The molecule has 0 saturated carbocycles. The largest absolute Gasteiger partial charge is 0.478 e. The van der Waals surface area contributed by atoms with E-state index in [-0.39, 0.29) is 24.2 Å². The highest BCUT2D eigenvalue weighted by atomic mass is 16.4. The summed E-state index contributed by atoms with van der Waals surface area (Å²) in [7, 11) is 0. The van der Waals surface area contributed by atoms with Crippen LogP contribution in [0, 0.1) is 0 Å². The summed E-state index contributed by atoms with van der Waals surface area (Å²) in [5.41, 5.74) is 0.624. The van der Waals surface area contributed by atoms with E-state index in [4.69, 9.17) is 10.2 Å². The maximum atomic E-state index is 12.3. The number of nitrogens with zero attached hydrogens (tertiary/aromatic N) is 1. The van der Waals surface area contributed by atoms with Crippen LogP contribution in [-0.4, -0.2) is 46.3 Å². The van der Waals surface area contributed by atoms with Gasteiger partial charge in [0.05, 0.1) is 5.56 Å². The third kappa shape index (κ3) is 3.95. The molecule has 0 radical (unpaired) electrons. The molecule has 6 heteroatoms. The lowest BCUT2D eigenvalue weighted by Gasteiger charge is -2.25. The highest BCUT2D eigenvalue weighted by Gasteiger charge is 2.28. The van der Waals surface area contributed by atoms with E-state index in [1.165, 1.54) is 12.1 Å². The number of anilines is 1. The standard InChI is InChI=1S/C15H20N2O4/c18-9-3-7-13-6-2-8-17(13)15(21)16-12-5-1-4-11(10-12)14(19)20/h1,4-5,10,13,18H,2-3,6-9H2,(H,16,21)(H,19,20). The summed E-state index contributed by atoms with van der Waals surface area (Å²) in [5.74, 6) is -1.02. The Bertz CT molecular complexity index is 518. The Morgan fingerprint density at radius 2 is 2.19 bits per heavy atom. The van der Waals surface area contributed by atoms with Gasteiger partial charge in [-0.3, -0.25) is 0 Å². The highest BCUT2D eigenvalue weighted by molar-refractivity contribution is 5.93. The smallest absolute Gasteiger partial charge is 0.335 e. The third-order valence-corrected chi connectivity index (χ3v) is 3.69. The predicted molar refractivity (Wildman–Crippen MR) is 78.5 cm³/mol. The molecule has 0 spiro atoms. The van der Waals surface area contributed by atoms with Gasteiger partial charge in [-0.1, -0.05) is 6.07 Å². The van der Waals surface area contributed by atoms with Crippen LogP contribution in [0.3, 0.4) is 0 Å². The van der Waals surface area contributed by atoms with E-state index in [1.807, 2.05) is 0 Å². The first-order valence-electron chi connectivity index (χ1n) is 7.13. The van der Waals surface area contributed by atoms with Crippen LogP contribution >= 0.6 is 0 Å². The predicted octanol–water partition coefficient (Wildman–Crippen LogP) is 2.15. The number of hydrogen-bond donors (Lipinski definition) is 3. The van der Waals surface area contributed by atoms with Crippen LogP contribution in [-0.2, 0) is 0 Å². The van der Waals surface area contributed by atoms with Gasteiger partial charge in [-0.2, -0.15) is 0 Å². The molecule has 2 amide bonds. The zero-order chi connectivity index (χ0) is 15.2. The molecule has 21 heavy (non-hydrogen) atoms. The average Bonchev–Trinajstić information content (AvgIpc) is 2.93. The molecule has 0 bridgehead atoms. The lowest BCUT2D eigenvalue weighted by Crippen LogP contribution is -2.38. The van der Waals surface area contributed by atoms with E-state index in [0.29, 0.717) is 18.7 Å². The number of carboxylic acids is 1. The quantitative estimate of drug-likeness (QED) is 0.775. The molecule has 1 heterocycles. The molecule has 114 valence electrons. The number of carbonyl (C=O) groups excluding carboxylic acids is 1. The van der Waals surface area contributed by atoms with Crippen molar-refractivity contribution >= 4 is 17.7 Å². The SMILES string of the molecule is O=C(O)c1cccc(NC(=O)N2CCCC2CCCO)c1. The summed E-state index contributed by atoms with van der Waals surface area (Å²) >= 11 is 0. The first-order valence-corrected chi connectivity index (χ1v) is 7.13. The number of aromatic carboxylic acids is 1. The van der Waals surface area contributed by atoms with Crippen molar-refractivity contribution in [2.24, 2.45) is 0 Å². The maximum absolute atomic E-state index is 12.3. The van der Waals surface area contributed by atoms with Crippen molar-refractivity contribution in [1.82, 2.24) is 4.90 Å². The fourth-order valence-corrected chi connectivity index (χ4v) is 2.66. The number of amides is 2. The fourth-order valence-electron chi connectivity index (χ4n) is 2.66. The van der Waals surface area contributed by atoms with E-state index in [0.717, 1.165) is 19.3 Å². The zero-order valence-corrected chi connectivity index (χ0v) is 11.8. The molecular formula is C15H20N2O4. The molecule has 1 aliphatic rings. The molecule has 1 aromatic carbocycles. The Kier molecular flexibility index (Phi) is 5.16. The van der Waals surface area contributed by atoms with Crippen LogP contribution in [0.2, 0.25) is 0 Å². The molecule has 1 aromatic rings. The van der Waals surface area contributed by atoms with Gasteiger partial charge in [-0.05, 0) is 43.9 Å². The molecule has 1 atom stereocenters. The molecule has 3 N–H and O–H groups in total. The molecule has 1 aliphatic heterocycles. The number of nitrogens with one attached hydrogen (secondary N) is 1. The van der Waals surface area contributed by atoms with Crippen molar-refractivity contribution in [2.75, 3.05) is 18.5 Å². The molecule has 1 unspecified atom stereocenters. The zero-order valence-electron chi connectivity index (χ0n) is 11.8. The van der Waals surface area contributed by atoms with Crippen LogP contribution in [0.5, 0.6) is 0 Å². The van der Waals surface area contributed by atoms with E-state index in [2.05, 4.69) is 5.32 Å². The Labute approximate surface area is 123 Å². The first kappa shape index (κ1) is 15.3. The second-order valence-corrected chi connectivity index (χ2v) is 5.17. The molecule has 1 saturated heterocycles. The number of urea groups is 1. The average molecular weight is 292 g/mol. The van der Waals surface area contributed by atoms with Gasteiger partial charge in [0, 0.05) is 24.9 Å². The number of carbonyl (C=O) groups is 2. The lowest BCUT2D eigenvalue weighted by atomic mass is 10.1. The highest BCUT2D eigenvalue weighted by Crippen LogP contribution is 2.22. The topological polar surface area (TPSA) is 89.9 Å².